The van der Waals surface area contributed by atoms with E-state index in [-0.39, 0.29) is 5.82 Å². The zero-order valence-corrected chi connectivity index (χ0v) is 17.6. The monoisotopic (exact) mass is 367 g/mol. The molecule has 0 N–H and O–H groups in total. The maximum absolute atomic E-state index is 13.5. The fourth-order valence-electron chi connectivity index (χ4n) is 4.49. The van der Waals surface area contributed by atoms with Crippen LogP contribution in [-0.2, 0) is 0 Å². The summed E-state index contributed by atoms with van der Waals surface area (Å²) in [6, 6.07) is 16.4. The molecule has 0 spiro atoms. The molecule has 0 aliphatic rings. The Hall–Kier alpha value is -1.87. The summed E-state index contributed by atoms with van der Waals surface area (Å²) in [5.74, 6) is 0.603. The average molecular weight is 368 g/mol. The Balaban J connectivity index is 2.08. The van der Waals surface area contributed by atoms with Gasteiger partial charge in [0.05, 0.1) is 0 Å². The Labute approximate surface area is 157 Å². The Morgan fingerprint density at radius 2 is 1.38 bits per heavy atom. The topological polar surface area (TPSA) is 9.23 Å². The third-order valence-electron chi connectivity index (χ3n) is 5.65. The molecule has 0 amide bonds. The minimum Gasteiger partial charge on any atom is -0.543 e. The van der Waals surface area contributed by atoms with Crippen LogP contribution in [0.25, 0.3) is 21.5 Å². The van der Waals surface area contributed by atoms with E-state index in [1.54, 1.807) is 6.07 Å². The highest BCUT2D eigenvalue weighted by atomic mass is 28.4. The smallest absolute Gasteiger partial charge is 0.258 e. The first-order valence-electron chi connectivity index (χ1n) is 9.48. The largest absolute Gasteiger partial charge is 0.543 e. The Kier molecular flexibility index (Phi) is 5.11. The lowest BCUT2D eigenvalue weighted by Crippen LogP contribution is -2.50. The van der Waals surface area contributed by atoms with Crippen LogP contribution in [0.5, 0.6) is 5.75 Å². The molecule has 0 aliphatic carbocycles. The van der Waals surface area contributed by atoms with Crippen molar-refractivity contribution in [2.45, 2.75) is 58.2 Å². The van der Waals surface area contributed by atoms with Gasteiger partial charge >= 0.3 is 0 Å². The predicted molar refractivity (Wildman–Crippen MR) is 112 cm³/mol. The Bertz CT molecular complexity index is 908. The summed E-state index contributed by atoms with van der Waals surface area (Å²) in [4.78, 5) is 0. The maximum atomic E-state index is 13.5. The first-order chi connectivity index (χ1) is 12.2. The number of hydrogen-bond donors (Lipinski definition) is 0. The number of rotatable bonds is 5. The highest BCUT2D eigenvalue weighted by Gasteiger charge is 2.46. The van der Waals surface area contributed by atoms with Gasteiger partial charge in [-0.05, 0) is 68.5 Å². The van der Waals surface area contributed by atoms with Crippen molar-refractivity contribution in [2.75, 3.05) is 0 Å². The maximum Gasteiger partial charge on any atom is 0.258 e. The summed E-state index contributed by atoms with van der Waals surface area (Å²) in [6.07, 6.45) is 0. The van der Waals surface area contributed by atoms with Crippen LogP contribution < -0.4 is 4.43 Å². The van der Waals surface area contributed by atoms with Gasteiger partial charge in [-0.3, -0.25) is 0 Å². The van der Waals surface area contributed by atoms with Gasteiger partial charge < -0.3 is 4.43 Å². The van der Waals surface area contributed by atoms with Crippen molar-refractivity contribution in [3.8, 4) is 5.75 Å². The molecule has 0 saturated carbocycles. The molecule has 3 rings (SSSR count). The summed E-state index contributed by atoms with van der Waals surface area (Å²) < 4.78 is 20.3. The summed E-state index contributed by atoms with van der Waals surface area (Å²) >= 11 is 0. The fraction of sp³-hybridized carbons (Fsp3) is 0.391. The van der Waals surface area contributed by atoms with Crippen LogP contribution in [-0.4, -0.2) is 8.32 Å². The molecule has 0 fully saturated rings. The first-order valence-corrected chi connectivity index (χ1v) is 11.6. The Morgan fingerprint density at radius 1 is 0.769 bits per heavy atom. The van der Waals surface area contributed by atoms with E-state index in [9.17, 15) is 4.39 Å². The van der Waals surface area contributed by atoms with Gasteiger partial charge in [0.1, 0.15) is 11.6 Å². The van der Waals surface area contributed by atoms with Crippen LogP contribution >= 0.6 is 0 Å². The third kappa shape index (κ3) is 3.25. The minimum atomic E-state index is -1.99. The lowest BCUT2D eigenvalue weighted by Gasteiger charge is -2.42. The standard InChI is InChI=1S/C23H28FOSi/c1-15(2)26(16(3)4,17(5)6)25-23-10-8-19-11-18-7-9-22(24)13-20(18)12-21(19)14-23/h7-12,14-17H,1-6H3. The minimum absolute atomic E-state index is 0.324. The van der Waals surface area contributed by atoms with Crippen molar-refractivity contribution in [1.82, 2.24) is 0 Å². The lowest BCUT2D eigenvalue weighted by atomic mass is 10.0. The van der Waals surface area contributed by atoms with Crippen LogP contribution in [0.3, 0.4) is 0 Å². The predicted octanol–water partition coefficient (Wildman–Crippen LogP) is 7.49. The number of halogens is 1. The fourth-order valence-corrected chi connectivity index (χ4v) is 9.74. The molecule has 26 heavy (non-hydrogen) atoms. The van der Waals surface area contributed by atoms with Crippen molar-refractivity contribution in [3.05, 3.63) is 54.3 Å². The molecule has 3 heteroatoms. The molecule has 0 bridgehead atoms. The molecule has 0 aliphatic heterocycles. The van der Waals surface area contributed by atoms with Crippen LogP contribution in [0.4, 0.5) is 4.39 Å². The summed E-state index contributed by atoms with van der Waals surface area (Å²) in [6.45, 7) is 13.7. The highest BCUT2D eigenvalue weighted by molar-refractivity contribution is 6.78. The van der Waals surface area contributed by atoms with Gasteiger partial charge in [0.25, 0.3) is 8.32 Å². The molecule has 3 aromatic rings. The summed E-state index contributed by atoms with van der Waals surface area (Å²) in [7, 11) is -1.99. The number of fused-ring (bicyclic) bond motifs is 2. The molecule has 0 saturated heterocycles. The molecular weight excluding hydrogens is 339 g/mol. The molecule has 0 heterocycles. The van der Waals surface area contributed by atoms with Gasteiger partial charge in [-0.1, -0.05) is 53.7 Å². The molecule has 0 atom stereocenters. The van der Waals surface area contributed by atoms with Crippen molar-refractivity contribution < 1.29 is 8.82 Å². The second-order valence-electron chi connectivity index (χ2n) is 8.17. The zero-order valence-electron chi connectivity index (χ0n) is 16.6. The van der Waals surface area contributed by atoms with Crippen LogP contribution in [0, 0.1) is 11.9 Å². The third-order valence-corrected chi connectivity index (χ3v) is 11.6. The van der Waals surface area contributed by atoms with Crippen LogP contribution in [0.2, 0.25) is 16.6 Å². The van der Waals surface area contributed by atoms with E-state index in [1.807, 2.05) is 6.07 Å². The van der Waals surface area contributed by atoms with E-state index in [1.165, 1.54) is 6.07 Å². The van der Waals surface area contributed by atoms with Gasteiger partial charge in [0.2, 0.25) is 0 Å². The van der Waals surface area contributed by atoms with Crippen LogP contribution in [0.1, 0.15) is 41.5 Å². The second kappa shape index (κ2) is 7.03. The van der Waals surface area contributed by atoms with E-state index in [4.69, 9.17) is 4.43 Å². The molecule has 0 aromatic heterocycles. The normalized spacial score (nSPS) is 12.7. The highest BCUT2D eigenvalue weighted by Crippen LogP contribution is 2.43. The molecule has 0 unspecified atom stereocenters. The molecule has 137 valence electrons. The Morgan fingerprint density at radius 3 is 2.00 bits per heavy atom. The van der Waals surface area contributed by atoms with E-state index >= 15 is 0 Å². The molecule has 3 aromatic carbocycles. The van der Waals surface area contributed by atoms with Gasteiger partial charge in [-0.25, -0.2) is 4.39 Å². The van der Waals surface area contributed by atoms with Gasteiger partial charge in [0.15, 0.2) is 0 Å². The average Bonchev–Trinajstić information content (AvgIpc) is 2.56. The molecule has 1 nitrogen and oxygen atoms in total. The van der Waals surface area contributed by atoms with Gasteiger partial charge in [-0.15, -0.1) is 0 Å². The van der Waals surface area contributed by atoms with E-state index in [0.29, 0.717) is 16.6 Å². The van der Waals surface area contributed by atoms with E-state index < -0.39 is 8.32 Å². The quantitative estimate of drug-likeness (QED) is 0.335. The van der Waals surface area contributed by atoms with Gasteiger partial charge in [0, 0.05) is 6.07 Å². The van der Waals surface area contributed by atoms with E-state index in [0.717, 1.165) is 27.3 Å². The molecular formula is C23H28FOSi. The van der Waals surface area contributed by atoms with Crippen LogP contribution in [0.15, 0.2) is 42.5 Å². The van der Waals surface area contributed by atoms with Crippen molar-refractivity contribution in [3.63, 3.8) is 0 Å². The first kappa shape index (κ1) is 18.9. The van der Waals surface area contributed by atoms with Crippen molar-refractivity contribution in [2.24, 2.45) is 0 Å². The summed E-state index contributed by atoms with van der Waals surface area (Å²) in [5.41, 5.74) is 1.58. The summed E-state index contributed by atoms with van der Waals surface area (Å²) in [5, 5.41) is 4.00. The van der Waals surface area contributed by atoms with Gasteiger partial charge in [-0.2, -0.15) is 0 Å². The van der Waals surface area contributed by atoms with Crippen molar-refractivity contribution in [1.29, 1.82) is 0 Å². The second-order valence-corrected chi connectivity index (χ2v) is 13.5. The number of hydrogen-bond acceptors (Lipinski definition) is 1. The number of benzene rings is 3. The lowest BCUT2D eigenvalue weighted by molar-refractivity contribution is 0.480. The SMILES string of the molecule is CC(C)[Si](Oc1ccc2cc3ccc(F)[c]c3cc2c1)(C(C)C)C(C)C. The zero-order chi connectivity index (χ0) is 19.1. The van der Waals surface area contributed by atoms with E-state index in [2.05, 4.69) is 71.9 Å². The molecule has 1 radical (unpaired) electrons. The van der Waals surface area contributed by atoms with Crippen molar-refractivity contribution >= 4 is 29.9 Å².